The number of anilines is 1. The van der Waals surface area contributed by atoms with Crippen molar-refractivity contribution >= 4 is 26.5 Å². The lowest BCUT2D eigenvalue weighted by Gasteiger charge is -2.03. The number of hydrogen-bond acceptors (Lipinski definition) is 6. The average Bonchev–Trinajstić information content (AvgIpc) is 2.84. The van der Waals surface area contributed by atoms with E-state index in [9.17, 15) is 8.42 Å². The van der Waals surface area contributed by atoms with Crippen LogP contribution >= 0.6 is 11.3 Å². The molecule has 0 aliphatic heterocycles. The maximum Gasteiger partial charge on any atom is 0.263 e. The van der Waals surface area contributed by atoms with E-state index in [1.165, 1.54) is 23.5 Å². The molecule has 0 saturated heterocycles. The standard InChI is InChI=1S/C11H14N4O2S2/c12-8-4-7-10-13-14-11(18-10)15-19(16,17)9-5-2-1-3-6-9/h1-3,5-6H,4,7-8,12H2,(H,14,15). The number of aryl methyl sites for hydroxylation is 1. The topological polar surface area (TPSA) is 98.0 Å². The van der Waals surface area contributed by atoms with Gasteiger partial charge in [-0.3, -0.25) is 4.72 Å². The molecule has 0 unspecified atom stereocenters. The van der Waals surface area contributed by atoms with Crippen LogP contribution in [0, 0.1) is 0 Å². The first-order valence-corrected chi connectivity index (χ1v) is 8.02. The third-order valence-electron chi connectivity index (χ3n) is 2.34. The van der Waals surface area contributed by atoms with Crippen LogP contribution in [0.15, 0.2) is 35.2 Å². The van der Waals surface area contributed by atoms with Crippen molar-refractivity contribution in [1.29, 1.82) is 0 Å². The van der Waals surface area contributed by atoms with E-state index in [-0.39, 0.29) is 10.0 Å². The maximum atomic E-state index is 12.0. The van der Waals surface area contributed by atoms with Gasteiger partial charge < -0.3 is 5.73 Å². The second-order valence-electron chi connectivity index (χ2n) is 3.81. The number of nitrogens with two attached hydrogens (primary N) is 1. The van der Waals surface area contributed by atoms with Crippen LogP contribution in [0.4, 0.5) is 5.13 Å². The van der Waals surface area contributed by atoms with E-state index in [1.54, 1.807) is 18.2 Å². The van der Waals surface area contributed by atoms with Gasteiger partial charge in [0.1, 0.15) is 5.01 Å². The Balaban J connectivity index is 2.10. The van der Waals surface area contributed by atoms with Crippen LogP contribution in [0.2, 0.25) is 0 Å². The smallest absolute Gasteiger partial charge is 0.263 e. The molecular formula is C11H14N4O2S2. The first-order valence-electron chi connectivity index (χ1n) is 5.72. The Labute approximate surface area is 115 Å². The molecule has 6 nitrogen and oxygen atoms in total. The third kappa shape index (κ3) is 3.72. The summed E-state index contributed by atoms with van der Waals surface area (Å²) in [6.07, 6.45) is 1.52. The summed E-state index contributed by atoms with van der Waals surface area (Å²) in [4.78, 5) is 0.203. The van der Waals surface area contributed by atoms with Crippen molar-refractivity contribution in [3.63, 3.8) is 0 Å². The van der Waals surface area contributed by atoms with Crippen LogP contribution in [0.3, 0.4) is 0 Å². The summed E-state index contributed by atoms with van der Waals surface area (Å²) in [7, 11) is -3.59. The van der Waals surface area contributed by atoms with Gasteiger partial charge in [-0.15, -0.1) is 10.2 Å². The zero-order valence-corrected chi connectivity index (χ0v) is 11.7. The van der Waals surface area contributed by atoms with Crippen molar-refractivity contribution < 1.29 is 8.42 Å². The lowest BCUT2D eigenvalue weighted by atomic mass is 10.3. The zero-order valence-electron chi connectivity index (χ0n) is 10.1. The lowest BCUT2D eigenvalue weighted by Crippen LogP contribution is -2.12. The van der Waals surface area contributed by atoms with Gasteiger partial charge in [-0.25, -0.2) is 8.42 Å². The lowest BCUT2D eigenvalue weighted by molar-refractivity contribution is 0.601. The van der Waals surface area contributed by atoms with Gasteiger partial charge in [-0.2, -0.15) is 0 Å². The fourth-order valence-electron chi connectivity index (χ4n) is 1.42. The van der Waals surface area contributed by atoms with Gasteiger partial charge in [0.2, 0.25) is 5.13 Å². The third-order valence-corrected chi connectivity index (χ3v) is 4.72. The van der Waals surface area contributed by atoms with E-state index in [0.29, 0.717) is 13.0 Å². The maximum absolute atomic E-state index is 12.0. The number of hydrogen-bond donors (Lipinski definition) is 2. The molecule has 2 aromatic rings. The monoisotopic (exact) mass is 298 g/mol. The van der Waals surface area contributed by atoms with Crippen LogP contribution in [-0.4, -0.2) is 25.2 Å². The molecule has 0 spiro atoms. The first kappa shape index (κ1) is 13.9. The van der Waals surface area contributed by atoms with Crippen molar-refractivity contribution in [2.75, 3.05) is 11.3 Å². The summed E-state index contributed by atoms with van der Waals surface area (Å²) in [5, 5.41) is 8.78. The minimum Gasteiger partial charge on any atom is -0.330 e. The molecule has 19 heavy (non-hydrogen) atoms. The number of sulfonamides is 1. The van der Waals surface area contributed by atoms with E-state index >= 15 is 0 Å². The number of nitrogens with one attached hydrogen (secondary N) is 1. The Kier molecular flexibility index (Phi) is 4.46. The molecule has 0 atom stereocenters. The number of benzene rings is 1. The van der Waals surface area contributed by atoms with Crippen molar-refractivity contribution in [2.24, 2.45) is 5.73 Å². The molecule has 0 radical (unpaired) electrons. The summed E-state index contributed by atoms with van der Waals surface area (Å²) in [5.74, 6) is 0. The van der Waals surface area contributed by atoms with Crippen molar-refractivity contribution in [2.45, 2.75) is 17.7 Å². The van der Waals surface area contributed by atoms with E-state index in [0.717, 1.165) is 11.4 Å². The fraction of sp³-hybridized carbons (Fsp3) is 0.273. The summed E-state index contributed by atoms with van der Waals surface area (Å²) in [6.45, 7) is 0.574. The highest BCUT2D eigenvalue weighted by atomic mass is 32.2. The van der Waals surface area contributed by atoms with Gasteiger partial charge in [0.25, 0.3) is 10.0 Å². The van der Waals surface area contributed by atoms with Crippen LogP contribution in [0.5, 0.6) is 0 Å². The van der Waals surface area contributed by atoms with Crippen molar-refractivity contribution in [3.05, 3.63) is 35.3 Å². The van der Waals surface area contributed by atoms with Gasteiger partial charge in [0.15, 0.2) is 0 Å². The summed E-state index contributed by atoms with van der Waals surface area (Å²) in [6, 6.07) is 8.15. The minimum atomic E-state index is -3.59. The molecule has 0 aliphatic carbocycles. The van der Waals surface area contributed by atoms with Gasteiger partial charge in [0, 0.05) is 6.42 Å². The molecule has 1 aromatic carbocycles. The molecule has 0 bridgehead atoms. The molecule has 3 N–H and O–H groups in total. The molecule has 8 heteroatoms. The molecule has 102 valence electrons. The Morgan fingerprint density at radius 3 is 2.63 bits per heavy atom. The molecular weight excluding hydrogens is 284 g/mol. The van der Waals surface area contributed by atoms with Crippen molar-refractivity contribution in [1.82, 2.24) is 10.2 Å². The van der Waals surface area contributed by atoms with Crippen LogP contribution in [0.25, 0.3) is 0 Å². The highest BCUT2D eigenvalue weighted by molar-refractivity contribution is 7.93. The normalized spacial score (nSPS) is 11.4. The largest absolute Gasteiger partial charge is 0.330 e. The van der Waals surface area contributed by atoms with Crippen LogP contribution in [0.1, 0.15) is 11.4 Å². The minimum absolute atomic E-state index is 0.203. The second kappa shape index (κ2) is 6.09. The molecule has 1 aromatic heterocycles. The van der Waals surface area contributed by atoms with Crippen LogP contribution in [-0.2, 0) is 16.4 Å². The second-order valence-corrected chi connectivity index (χ2v) is 6.56. The average molecular weight is 298 g/mol. The highest BCUT2D eigenvalue weighted by Crippen LogP contribution is 2.20. The van der Waals surface area contributed by atoms with E-state index in [2.05, 4.69) is 14.9 Å². The molecule has 0 saturated carbocycles. The van der Waals surface area contributed by atoms with E-state index in [4.69, 9.17) is 5.73 Å². The summed E-state index contributed by atoms with van der Waals surface area (Å²) < 4.78 is 26.5. The SMILES string of the molecule is NCCCc1nnc(NS(=O)(=O)c2ccccc2)s1. The molecule has 2 rings (SSSR count). The Hall–Kier alpha value is -1.51. The molecule has 0 aliphatic rings. The Morgan fingerprint density at radius 1 is 1.21 bits per heavy atom. The summed E-state index contributed by atoms with van der Waals surface area (Å²) in [5.41, 5.74) is 5.41. The Morgan fingerprint density at radius 2 is 1.95 bits per heavy atom. The molecule has 0 amide bonds. The van der Waals surface area contributed by atoms with E-state index in [1.807, 2.05) is 0 Å². The quantitative estimate of drug-likeness (QED) is 0.836. The molecule has 0 fully saturated rings. The predicted molar refractivity (Wildman–Crippen MR) is 74.5 cm³/mol. The highest BCUT2D eigenvalue weighted by Gasteiger charge is 2.16. The van der Waals surface area contributed by atoms with Crippen molar-refractivity contribution in [3.8, 4) is 0 Å². The van der Waals surface area contributed by atoms with Crippen LogP contribution < -0.4 is 10.5 Å². The number of aromatic nitrogens is 2. The van der Waals surface area contributed by atoms with Gasteiger partial charge >= 0.3 is 0 Å². The van der Waals surface area contributed by atoms with Gasteiger partial charge in [-0.1, -0.05) is 29.5 Å². The number of rotatable bonds is 6. The fourth-order valence-corrected chi connectivity index (χ4v) is 3.46. The zero-order chi connectivity index (χ0) is 13.7. The Bertz CT molecular complexity index is 625. The molecule has 1 heterocycles. The van der Waals surface area contributed by atoms with Gasteiger partial charge in [0.05, 0.1) is 4.90 Å². The first-order chi connectivity index (χ1) is 9.12. The van der Waals surface area contributed by atoms with Gasteiger partial charge in [-0.05, 0) is 25.1 Å². The number of nitrogens with zero attached hydrogens (tertiary/aromatic N) is 2. The predicted octanol–water partition coefficient (Wildman–Crippen LogP) is 1.23. The van der Waals surface area contributed by atoms with E-state index < -0.39 is 10.0 Å². The summed E-state index contributed by atoms with van der Waals surface area (Å²) >= 11 is 1.23.